The Kier molecular flexibility index (Phi) is 5.83. The number of benzene rings is 1. The van der Waals surface area contributed by atoms with Gasteiger partial charge in [0, 0.05) is 28.8 Å². The average Bonchev–Trinajstić information content (AvgIpc) is 3.01. The number of amidine groups is 1. The molecule has 10 heteroatoms. The molecule has 2 aliphatic heterocycles. The van der Waals surface area contributed by atoms with Gasteiger partial charge in [0.1, 0.15) is 0 Å². The Balaban J connectivity index is 1.91. The number of rotatable bonds is 5. The molecule has 0 aliphatic carbocycles. The highest BCUT2D eigenvalue weighted by Gasteiger charge is 2.49. The number of carbonyl (C=O) groups excluding carboxylic acids is 1. The van der Waals surface area contributed by atoms with Crippen molar-refractivity contribution >= 4 is 55.9 Å². The van der Waals surface area contributed by atoms with Crippen molar-refractivity contribution in [1.29, 1.82) is 0 Å². The highest BCUT2D eigenvalue weighted by atomic mass is 35.5. The molecule has 2 fully saturated rings. The fourth-order valence-corrected chi connectivity index (χ4v) is 7.35. The molecule has 146 valence electrons. The topological polar surface area (TPSA) is 104 Å². The van der Waals surface area contributed by atoms with E-state index >= 15 is 0 Å². The minimum Gasteiger partial charge on any atom is -0.481 e. The van der Waals surface area contributed by atoms with Gasteiger partial charge in [0.15, 0.2) is 15.0 Å². The van der Waals surface area contributed by atoms with Crippen molar-refractivity contribution in [2.75, 3.05) is 16.4 Å². The van der Waals surface area contributed by atoms with Gasteiger partial charge in [0.05, 0.1) is 17.5 Å². The average molecular weight is 431 g/mol. The Bertz CT molecular complexity index is 916. The van der Waals surface area contributed by atoms with Gasteiger partial charge >= 0.3 is 5.97 Å². The fourth-order valence-electron chi connectivity index (χ4n) is 3.26. The van der Waals surface area contributed by atoms with Gasteiger partial charge in [-0.3, -0.25) is 9.59 Å². The van der Waals surface area contributed by atoms with Crippen molar-refractivity contribution in [3.05, 3.63) is 28.8 Å². The smallest absolute Gasteiger partial charge is 0.303 e. The number of halogens is 1. The molecule has 27 heavy (non-hydrogen) atoms. The second-order valence-corrected chi connectivity index (χ2v) is 10.4. The molecule has 7 nitrogen and oxygen atoms in total. The summed E-state index contributed by atoms with van der Waals surface area (Å²) in [5.74, 6) is -1.32. The first-order chi connectivity index (χ1) is 12.7. The molecule has 0 aromatic heterocycles. The molecule has 1 aromatic carbocycles. The maximum atomic E-state index is 12.2. The van der Waals surface area contributed by atoms with E-state index < -0.39 is 21.7 Å². The van der Waals surface area contributed by atoms with Crippen LogP contribution in [0.4, 0.5) is 5.69 Å². The molecule has 0 bridgehead atoms. The van der Waals surface area contributed by atoms with Gasteiger partial charge in [-0.1, -0.05) is 29.4 Å². The van der Waals surface area contributed by atoms with Crippen LogP contribution < -0.4 is 4.90 Å². The van der Waals surface area contributed by atoms with Crippen LogP contribution in [0.3, 0.4) is 0 Å². The number of sulfone groups is 1. The lowest BCUT2D eigenvalue weighted by Gasteiger charge is -2.26. The van der Waals surface area contributed by atoms with E-state index in [9.17, 15) is 18.0 Å². The maximum Gasteiger partial charge on any atom is 0.303 e. The second kappa shape index (κ2) is 7.81. The summed E-state index contributed by atoms with van der Waals surface area (Å²) < 4.78 is 24.2. The van der Waals surface area contributed by atoms with Crippen LogP contribution in [-0.4, -0.2) is 53.4 Å². The summed E-state index contributed by atoms with van der Waals surface area (Å²) in [5, 5.41) is 9.49. The minimum absolute atomic E-state index is 0.00282. The largest absolute Gasteiger partial charge is 0.481 e. The lowest BCUT2D eigenvalue weighted by atomic mass is 10.1. The summed E-state index contributed by atoms with van der Waals surface area (Å²) in [5.41, 5.74) is 1.52. The van der Waals surface area contributed by atoms with Gasteiger partial charge in [0.2, 0.25) is 5.91 Å². The van der Waals surface area contributed by atoms with Crippen LogP contribution in [0.2, 0.25) is 5.02 Å². The number of thioether (sulfide) groups is 1. The molecule has 1 amide bonds. The van der Waals surface area contributed by atoms with Gasteiger partial charge in [0.25, 0.3) is 0 Å². The summed E-state index contributed by atoms with van der Waals surface area (Å²) in [6.45, 7) is 1.84. The molecule has 2 aliphatic rings. The van der Waals surface area contributed by atoms with Crippen molar-refractivity contribution in [2.24, 2.45) is 4.99 Å². The van der Waals surface area contributed by atoms with E-state index in [4.69, 9.17) is 16.7 Å². The Labute approximate surface area is 166 Å². The number of hydrogen-bond acceptors (Lipinski definition) is 5. The minimum atomic E-state index is -3.15. The van der Waals surface area contributed by atoms with E-state index in [1.54, 1.807) is 17.0 Å². The third kappa shape index (κ3) is 4.47. The number of aliphatic imine (C=N–C) groups is 1. The molecule has 0 radical (unpaired) electrons. The summed E-state index contributed by atoms with van der Waals surface area (Å²) in [4.78, 5) is 28.8. The summed E-state index contributed by atoms with van der Waals surface area (Å²) >= 11 is 7.51. The molecular formula is C17H19ClN2O5S2. The fraction of sp³-hybridized carbons (Fsp3) is 0.471. The SMILES string of the molecule is Cc1c(Cl)cccc1N1C(=NC(=O)CCCC(=O)O)SC2CS(=O)(=O)CC21. The van der Waals surface area contributed by atoms with E-state index in [-0.39, 0.29) is 42.1 Å². The number of hydrogen-bond donors (Lipinski definition) is 1. The molecule has 1 N–H and O–H groups in total. The third-order valence-electron chi connectivity index (χ3n) is 4.57. The van der Waals surface area contributed by atoms with Crippen molar-refractivity contribution in [2.45, 2.75) is 37.5 Å². The maximum absolute atomic E-state index is 12.2. The first kappa shape index (κ1) is 20.2. The van der Waals surface area contributed by atoms with Crippen LogP contribution in [0.15, 0.2) is 23.2 Å². The van der Waals surface area contributed by atoms with E-state index in [0.29, 0.717) is 10.2 Å². The molecule has 2 heterocycles. The lowest BCUT2D eigenvalue weighted by Crippen LogP contribution is -2.38. The molecule has 2 atom stereocenters. The highest BCUT2D eigenvalue weighted by Crippen LogP contribution is 2.42. The predicted octanol–water partition coefficient (Wildman–Crippen LogP) is 2.50. The van der Waals surface area contributed by atoms with Crippen LogP contribution >= 0.6 is 23.4 Å². The number of carboxylic acid groups (broad SMARTS) is 1. The van der Waals surface area contributed by atoms with Crippen molar-refractivity contribution in [1.82, 2.24) is 0 Å². The normalized spacial score (nSPS) is 25.0. The number of anilines is 1. The quantitative estimate of drug-likeness (QED) is 0.765. The molecule has 2 unspecified atom stereocenters. The molecule has 0 saturated carbocycles. The Morgan fingerprint density at radius 2 is 2.07 bits per heavy atom. The zero-order valence-corrected chi connectivity index (χ0v) is 17.0. The zero-order chi connectivity index (χ0) is 19.8. The summed E-state index contributed by atoms with van der Waals surface area (Å²) in [6, 6.07) is 5.06. The number of carbonyl (C=O) groups is 2. The van der Waals surface area contributed by atoms with E-state index in [1.807, 2.05) is 13.0 Å². The van der Waals surface area contributed by atoms with Crippen LogP contribution in [0.1, 0.15) is 24.8 Å². The van der Waals surface area contributed by atoms with Crippen LogP contribution in [0.25, 0.3) is 0 Å². The van der Waals surface area contributed by atoms with E-state index in [1.165, 1.54) is 11.8 Å². The second-order valence-electron chi connectivity index (χ2n) is 6.59. The van der Waals surface area contributed by atoms with Gasteiger partial charge in [-0.25, -0.2) is 8.42 Å². The number of aliphatic carboxylic acids is 1. The standard InChI is InChI=1S/C17H19ClN2O5S2/c1-10-11(18)4-2-5-12(10)20-13-8-27(24,25)9-14(13)26-17(20)19-15(21)6-3-7-16(22)23/h2,4-5,13-14H,3,6-9H2,1H3,(H,22,23). The van der Waals surface area contributed by atoms with Crippen LogP contribution in [-0.2, 0) is 19.4 Å². The third-order valence-corrected chi connectivity index (χ3v) is 8.19. The molecule has 0 spiro atoms. The Morgan fingerprint density at radius 1 is 1.33 bits per heavy atom. The number of amides is 1. The predicted molar refractivity (Wildman–Crippen MR) is 106 cm³/mol. The van der Waals surface area contributed by atoms with Crippen LogP contribution in [0.5, 0.6) is 0 Å². The van der Waals surface area contributed by atoms with E-state index in [2.05, 4.69) is 4.99 Å². The van der Waals surface area contributed by atoms with E-state index in [0.717, 1.165) is 11.3 Å². The molecule has 2 saturated heterocycles. The van der Waals surface area contributed by atoms with Crippen molar-refractivity contribution in [3.8, 4) is 0 Å². The highest BCUT2D eigenvalue weighted by molar-refractivity contribution is 8.16. The van der Waals surface area contributed by atoms with Crippen LogP contribution in [0, 0.1) is 6.92 Å². The number of nitrogens with zero attached hydrogens (tertiary/aromatic N) is 2. The number of carboxylic acids is 1. The summed E-state index contributed by atoms with van der Waals surface area (Å²) in [7, 11) is -3.15. The van der Waals surface area contributed by atoms with Crippen molar-refractivity contribution < 1.29 is 23.1 Å². The zero-order valence-electron chi connectivity index (χ0n) is 14.6. The lowest BCUT2D eigenvalue weighted by molar-refractivity contribution is -0.137. The molecule has 3 rings (SSSR count). The Morgan fingerprint density at radius 3 is 2.78 bits per heavy atom. The number of fused-ring (bicyclic) bond motifs is 1. The first-order valence-electron chi connectivity index (χ1n) is 8.42. The summed E-state index contributed by atoms with van der Waals surface area (Å²) in [6.07, 6.45) is 0.156. The molecule has 1 aromatic rings. The van der Waals surface area contributed by atoms with Gasteiger partial charge < -0.3 is 10.0 Å². The van der Waals surface area contributed by atoms with Gasteiger partial charge in [-0.15, -0.1) is 0 Å². The Hall–Kier alpha value is -1.58. The van der Waals surface area contributed by atoms with Gasteiger partial charge in [-0.2, -0.15) is 4.99 Å². The first-order valence-corrected chi connectivity index (χ1v) is 11.5. The molecular weight excluding hydrogens is 412 g/mol. The van der Waals surface area contributed by atoms with Gasteiger partial charge in [-0.05, 0) is 31.0 Å². The monoisotopic (exact) mass is 430 g/mol. The van der Waals surface area contributed by atoms with Crippen molar-refractivity contribution in [3.63, 3.8) is 0 Å².